The van der Waals surface area contributed by atoms with Crippen molar-refractivity contribution in [2.75, 3.05) is 11.9 Å². The van der Waals surface area contributed by atoms with Gasteiger partial charge in [-0.1, -0.05) is 12.1 Å². The maximum atomic E-state index is 12.9. The minimum atomic E-state index is -4.38. The van der Waals surface area contributed by atoms with Gasteiger partial charge in [-0.3, -0.25) is 9.78 Å². The van der Waals surface area contributed by atoms with Gasteiger partial charge in [0.2, 0.25) is 5.91 Å². The monoisotopic (exact) mass is 427 g/mol. The molecular weight excluding hydrogens is 407 g/mol. The Kier molecular flexibility index (Phi) is 5.58. The number of anilines is 1. The summed E-state index contributed by atoms with van der Waals surface area (Å²) in [5, 5.41) is 3.16. The first-order chi connectivity index (χ1) is 14.8. The predicted molar refractivity (Wildman–Crippen MR) is 109 cm³/mol. The Morgan fingerprint density at radius 3 is 2.48 bits per heavy atom. The number of pyridine rings is 1. The Balaban J connectivity index is 1.51. The number of aromatic nitrogens is 3. The molecule has 1 aliphatic rings. The highest BCUT2D eigenvalue weighted by atomic mass is 19.4. The first-order valence-electron chi connectivity index (χ1n) is 9.78. The molecule has 0 saturated carbocycles. The van der Waals surface area contributed by atoms with Crippen LogP contribution in [0.25, 0.3) is 11.3 Å². The third-order valence-corrected chi connectivity index (χ3v) is 5.24. The van der Waals surface area contributed by atoms with Gasteiger partial charge in [0.05, 0.1) is 23.5 Å². The van der Waals surface area contributed by atoms with E-state index < -0.39 is 17.8 Å². The SMILES string of the molecule is C[C@@H](Nc1ccncc1)C(=O)N1CCc2c(ncnc2-c2ccc(C(F)(F)F)cc2)C1. The second-order valence-electron chi connectivity index (χ2n) is 7.33. The van der Waals surface area contributed by atoms with E-state index in [4.69, 9.17) is 0 Å². The van der Waals surface area contributed by atoms with E-state index in [1.165, 1.54) is 18.5 Å². The highest BCUT2D eigenvalue weighted by Gasteiger charge is 2.31. The summed E-state index contributed by atoms with van der Waals surface area (Å²) in [4.78, 5) is 27.2. The third kappa shape index (κ3) is 4.50. The Labute approximate surface area is 177 Å². The van der Waals surface area contributed by atoms with Gasteiger partial charge >= 0.3 is 6.18 Å². The summed E-state index contributed by atoms with van der Waals surface area (Å²) in [5.41, 5.74) is 2.88. The lowest BCUT2D eigenvalue weighted by molar-refractivity contribution is -0.137. The van der Waals surface area contributed by atoms with Gasteiger partial charge in [0.15, 0.2) is 0 Å². The van der Waals surface area contributed by atoms with Crippen LogP contribution in [0.3, 0.4) is 0 Å². The Bertz CT molecular complexity index is 1070. The van der Waals surface area contributed by atoms with Crippen molar-refractivity contribution in [2.45, 2.75) is 32.1 Å². The second kappa shape index (κ2) is 8.33. The fourth-order valence-electron chi connectivity index (χ4n) is 3.64. The number of benzene rings is 1. The predicted octanol–water partition coefficient (Wildman–Crippen LogP) is 3.94. The van der Waals surface area contributed by atoms with E-state index in [9.17, 15) is 18.0 Å². The van der Waals surface area contributed by atoms with Crippen LogP contribution in [0, 0.1) is 0 Å². The zero-order valence-electron chi connectivity index (χ0n) is 16.7. The molecule has 0 unspecified atom stereocenters. The van der Waals surface area contributed by atoms with Crippen molar-refractivity contribution in [1.29, 1.82) is 0 Å². The molecule has 1 N–H and O–H groups in total. The first-order valence-corrected chi connectivity index (χ1v) is 9.78. The van der Waals surface area contributed by atoms with Crippen LogP contribution in [0.2, 0.25) is 0 Å². The van der Waals surface area contributed by atoms with Crippen molar-refractivity contribution in [3.63, 3.8) is 0 Å². The lowest BCUT2D eigenvalue weighted by Gasteiger charge is -2.31. The van der Waals surface area contributed by atoms with E-state index in [-0.39, 0.29) is 5.91 Å². The molecule has 4 rings (SSSR count). The fourth-order valence-corrected chi connectivity index (χ4v) is 3.64. The van der Waals surface area contributed by atoms with E-state index in [1.54, 1.807) is 36.4 Å². The third-order valence-electron chi connectivity index (χ3n) is 5.24. The van der Waals surface area contributed by atoms with Gasteiger partial charge in [0.1, 0.15) is 12.4 Å². The smallest absolute Gasteiger partial charge is 0.374 e. The lowest BCUT2D eigenvalue weighted by atomic mass is 9.97. The van der Waals surface area contributed by atoms with E-state index >= 15 is 0 Å². The van der Waals surface area contributed by atoms with Gasteiger partial charge in [0, 0.05) is 35.8 Å². The molecule has 3 heterocycles. The zero-order valence-corrected chi connectivity index (χ0v) is 16.7. The molecule has 1 atom stereocenters. The van der Waals surface area contributed by atoms with Gasteiger partial charge in [-0.05, 0) is 37.6 Å². The number of hydrogen-bond acceptors (Lipinski definition) is 5. The molecule has 0 aliphatic carbocycles. The molecule has 1 aromatic carbocycles. The largest absolute Gasteiger partial charge is 0.416 e. The van der Waals surface area contributed by atoms with E-state index in [1.807, 2.05) is 0 Å². The van der Waals surface area contributed by atoms with Gasteiger partial charge in [-0.25, -0.2) is 9.97 Å². The Morgan fingerprint density at radius 2 is 1.81 bits per heavy atom. The summed E-state index contributed by atoms with van der Waals surface area (Å²) < 4.78 is 38.5. The van der Waals surface area contributed by atoms with Crippen molar-refractivity contribution in [3.05, 3.63) is 71.9 Å². The van der Waals surface area contributed by atoms with Crippen molar-refractivity contribution in [3.8, 4) is 11.3 Å². The molecule has 0 saturated heterocycles. The zero-order chi connectivity index (χ0) is 22.0. The van der Waals surface area contributed by atoms with Crippen LogP contribution >= 0.6 is 0 Å². The number of carbonyl (C=O) groups is 1. The molecule has 1 aliphatic heterocycles. The Hall–Kier alpha value is -3.49. The topological polar surface area (TPSA) is 71.0 Å². The lowest BCUT2D eigenvalue weighted by Crippen LogP contribution is -2.44. The molecule has 0 spiro atoms. The van der Waals surface area contributed by atoms with Crippen LogP contribution in [-0.4, -0.2) is 38.3 Å². The number of halogens is 3. The van der Waals surface area contributed by atoms with Crippen LogP contribution in [-0.2, 0) is 23.9 Å². The van der Waals surface area contributed by atoms with Crippen molar-refractivity contribution in [1.82, 2.24) is 19.9 Å². The molecule has 2 aromatic heterocycles. The summed E-state index contributed by atoms with van der Waals surface area (Å²) in [6.45, 7) is 2.60. The maximum absolute atomic E-state index is 12.9. The van der Waals surface area contributed by atoms with Crippen LogP contribution in [0.1, 0.15) is 23.7 Å². The molecule has 160 valence electrons. The van der Waals surface area contributed by atoms with Crippen molar-refractivity contribution >= 4 is 11.6 Å². The fraction of sp³-hybridized carbons (Fsp3) is 0.273. The molecule has 9 heteroatoms. The number of carbonyl (C=O) groups excluding carboxylic acids is 1. The van der Waals surface area contributed by atoms with Gasteiger partial charge < -0.3 is 10.2 Å². The van der Waals surface area contributed by atoms with Gasteiger partial charge in [0.25, 0.3) is 0 Å². The average Bonchev–Trinajstić information content (AvgIpc) is 2.78. The van der Waals surface area contributed by atoms with Crippen LogP contribution < -0.4 is 5.32 Å². The number of alkyl halides is 3. The number of amides is 1. The van der Waals surface area contributed by atoms with Crippen molar-refractivity contribution in [2.24, 2.45) is 0 Å². The molecule has 0 bridgehead atoms. The summed E-state index contributed by atoms with van der Waals surface area (Å²) in [7, 11) is 0. The highest BCUT2D eigenvalue weighted by Crippen LogP contribution is 2.32. The maximum Gasteiger partial charge on any atom is 0.416 e. The molecule has 0 radical (unpaired) electrons. The summed E-state index contributed by atoms with van der Waals surface area (Å²) in [6, 6.07) is 8.09. The van der Waals surface area contributed by atoms with E-state index in [2.05, 4.69) is 20.3 Å². The standard InChI is InChI=1S/C22H20F3N5O/c1-14(29-17-6-9-26-10-7-17)21(31)30-11-8-18-19(12-30)27-13-28-20(18)15-2-4-16(5-3-15)22(23,24)25/h2-7,9-10,13-14H,8,11-12H2,1H3,(H,26,29)/t14-/m1/s1. The minimum Gasteiger partial charge on any atom is -0.374 e. The second-order valence-corrected chi connectivity index (χ2v) is 7.33. The molecular formula is C22H20F3N5O. The summed E-state index contributed by atoms with van der Waals surface area (Å²) in [5.74, 6) is -0.0582. The number of nitrogens with zero attached hydrogens (tertiary/aromatic N) is 4. The van der Waals surface area contributed by atoms with E-state index in [0.717, 1.165) is 23.4 Å². The number of fused-ring (bicyclic) bond motifs is 1. The van der Waals surface area contributed by atoms with Crippen LogP contribution in [0.15, 0.2) is 55.1 Å². The highest BCUT2D eigenvalue weighted by molar-refractivity contribution is 5.84. The Morgan fingerprint density at radius 1 is 1.10 bits per heavy atom. The number of hydrogen-bond donors (Lipinski definition) is 1. The molecule has 1 amide bonds. The van der Waals surface area contributed by atoms with E-state index in [0.29, 0.717) is 36.5 Å². The molecule has 31 heavy (non-hydrogen) atoms. The van der Waals surface area contributed by atoms with Crippen LogP contribution in [0.5, 0.6) is 0 Å². The quantitative estimate of drug-likeness (QED) is 0.683. The summed E-state index contributed by atoms with van der Waals surface area (Å²) in [6.07, 6.45) is 0.830. The molecule has 6 nitrogen and oxygen atoms in total. The van der Waals surface area contributed by atoms with Crippen LogP contribution in [0.4, 0.5) is 18.9 Å². The minimum absolute atomic E-state index is 0.0582. The normalized spacial score (nSPS) is 14.6. The van der Waals surface area contributed by atoms with Crippen molar-refractivity contribution < 1.29 is 18.0 Å². The number of nitrogens with one attached hydrogen (secondary N) is 1. The molecule has 0 fully saturated rings. The first kappa shape index (κ1) is 20.8. The number of rotatable bonds is 4. The average molecular weight is 427 g/mol. The molecule has 3 aromatic rings. The van der Waals surface area contributed by atoms with Gasteiger partial charge in [-0.2, -0.15) is 13.2 Å². The summed E-state index contributed by atoms with van der Waals surface area (Å²) >= 11 is 0. The van der Waals surface area contributed by atoms with Gasteiger partial charge in [-0.15, -0.1) is 0 Å².